The van der Waals surface area contributed by atoms with Crippen LogP contribution >= 0.6 is 11.8 Å². The number of hydrogen-bond acceptors (Lipinski definition) is 6. The Bertz CT molecular complexity index is 650. The zero-order valence-corrected chi connectivity index (χ0v) is 16.0. The van der Waals surface area contributed by atoms with E-state index >= 15 is 0 Å². The minimum Gasteiger partial charge on any atom is -0.484 e. The molecular formula is C16H24N2O5S2. The third-order valence-electron chi connectivity index (χ3n) is 3.15. The van der Waals surface area contributed by atoms with Crippen molar-refractivity contribution >= 4 is 33.4 Å². The van der Waals surface area contributed by atoms with Crippen molar-refractivity contribution < 1.29 is 22.7 Å². The number of amides is 2. The van der Waals surface area contributed by atoms with E-state index in [4.69, 9.17) is 4.74 Å². The molecule has 1 aromatic rings. The van der Waals surface area contributed by atoms with Gasteiger partial charge < -0.3 is 15.4 Å². The molecule has 2 amide bonds. The summed E-state index contributed by atoms with van der Waals surface area (Å²) in [6.07, 6.45) is 3.45. The quantitative estimate of drug-likeness (QED) is 0.571. The number of sulfone groups is 1. The largest absolute Gasteiger partial charge is 0.484 e. The standard InChI is InChI=1S/C16H24N2O5S2/c1-24-10-8-14(16(20)17-9-11-25(2,21)22)18-15(19)12-23-13-6-4-3-5-7-13/h3-7,14H,8-12H2,1-2H3,(H,17,20)(H,18,19)/t14-/m0/s1. The van der Waals surface area contributed by atoms with Gasteiger partial charge in [-0.25, -0.2) is 8.42 Å². The molecule has 0 aliphatic rings. The van der Waals surface area contributed by atoms with Crippen LogP contribution in [0.4, 0.5) is 0 Å². The van der Waals surface area contributed by atoms with Crippen LogP contribution in [0.2, 0.25) is 0 Å². The van der Waals surface area contributed by atoms with Gasteiger partial charge in [0.15, 0.2) is 6.61 Å². The summed E-state index contributed by atoms with van der Waals surface area (Å²) in [6.45, 7) is -0.180. The average Bonchev–Trinajstić information content (AvgIpc) is 2.56. The number of carbonyl (C=O) groups is 2. The van der Waals surface area contributed by atoms with Gasteiger partial charge >= 0.3 is 0 Å². The molecule has 9 heteroatoms. The normalized spacial score (nSPS) is 12.2. The van der Waals surface area contributed by atoms with Gasteiger partial charge in [0.25, 0.3) is 5.91 Å². The first kappa shape index (κ1) is 21.3. The molecule has 7 nitrogen and oxygen atoms in total. The molecular weight excluding hydrogens is 364 g/mol. The van der Waals surface area contributed by atoms with Crippen LogP contribution in [0.15, 0.2) is 30.3 Å². The van der Waals surface area contributed by atoms with Crippen molar-refractivity contribution in [1.82, 2.24) is 10.6 Å². The Morgan fingerprint density at radius 1 is 1.24 bits per heavy atom. The molecule has 25 heavy (non-hydrogen) atoms. The first-order chi connectivity index (χ1) is 11.8. The van der Waals surface area contributed by atoms with Gasteiger partial charge in [0, 0.05) is 12.8 Å². The Morgan fingerprint density at radius 3 is 2.52 bits per heavy atom. The van der Waals surface area contributed by atoms with Crippen LogP contribution in [0.25, 0.3) is 0 Å². The van der Waals surface area contributed by atoms with E-state index in [1.54, 1.807) is 36.0 Å². The zero-order chi connectivity index (χ0) is 18.7. The summed E-state index contributed by atoms with van der Waals surface area (Å²) in [6, 6.07) is 8.17. The van der Waals surface area contributed by atoms with E-state index in [1.165, 1.54) is 0 Å². The fourth-order valence-corrected chi connectivity index (χ4v) is 2.83. The number of thioether (sulfide) groups is 1. The molecule has 0 bridgehead atoms. The molecule has 140 valence electrons. The second-order valence-corrected chi connectivity index (χ2v) is 8.67. The van der Waals surface area contributed by atoms with E-state index in [0.29, 0.717) is 17.9 Å². The average molecular weight is 389 g/mol. The van der Waals surface area contributed by atoms with Crippen molar-refractivity contribution in [2.24, 2.45) is 0 Å². The predicted molar refractivity (Wildman–Crippen MR) is 99.6 cm³/mol. The Hall–Kier alpha value is -1.74. The van der Waals surface area contributed by atoms with Crippen LogP contribution in [-0.2, 0) is 19.4 Å². The predicted octanol–water partition coefficient (Wildman–Crippen LogP) is 0.464. The molecule has 0 fully saturated rings. The van der Waals surface area contributed by atoms with E-state index < -0.39 is 27.7 Å². The first-order valence-electron chi connectivity index (χ1n) is 7.73. The van der Waals surface area contributed by atoms with Crippen LogP contribution in [0, 0.1) is 0 Å². The summed E-state index contributed by atoms with van der Waals surface area (Å²) in [7, 11) is -3.15. The highest BCUT2D eigenvalue weighted by Crippen LogP contribution is 2.08. The molecule has 0 aliphatic carbocycles. The number of hydrogen-bond donors (Lipinski definition) is 2. The number of para-hydroxylation sites is 1. The van der Waals surface area contributed by atoms with Crippen LogP contribution in [-0.4, -0.2) is 63.4 Å². The SMILES string of the molecule is CSCC[C@H](NC(=O)COc1ccccc1)C(=O)NCCS(C)(=O)=O. The fourth-order valence-electron chi connectivity index (χ4n) is 1.89. The van der Waals surface area contributed by atoms with Crippen molar-refractivity contribution in [1.29, 1.82) is 0 Å². The maximum Gasteiger partial charge on any atom is 0.258 e. The van der Waals surface area contributed by atoms with Crippen molar-refractivity contribution in [2.45, 2.75) is 12.5 Å². The van der Waals surface area contributed by atoms with E-state index in [0.717, 1.165) is 6.26 Å². The van der Waals surface area contributed by atoms with Gasteiger partial charge in [-0.2, -0.15) is 11.8 Å². The molecule has 1 rings (SSSR count). The number of ether oxygens (including phenoxy) is 1. The van der Waals surface area contributed by atoms with Crippen LogP contribution in [0.1, 0.15) is 6.42 Å². The van der Waals surface area contributed by atoms with Gasteiger partial charge in [-0.3, -0.25) is 9.59 Å². The zero-order valence-electron chi connectivity index (χ0n) is 14.4. The van der Waals surface area contributed by atoms with E-state index in [2.05, 4.69) is 10.6 Å². The second-order valence-electron chi connectivity index (χ2n) is 5.42. The number of benzene rings is 1. The Balaban J connectivity index is 2.49. The summed E-state index contributed by atoms with van der Waals surface area (Å²) < 4.78 is 27.6. The topological polar surface area (TPSA) is 102 Å². The summed E-state index contributed by atoms with van der Waals surface area (Å²) in [4.78, 5) is 24.2. The smallest absolute Gasteiger partial charge is 0.258 e. The van der Waals surface area contributed by atoms with Crippen LogP contribution < -0.4 is 15.4 Å². The summed E-state index contributed by atoms with van der Waals surface area (Å²) in [5.74, 6) is 0.304. The minimum absolute atomic E-state index is 0.0177. The third kappa shape index (κ3) is 9.98. The number of carbonyl (C=O) groups excluding carboxylic acids is 2. The van der Waals surface area contributed by atoms with Crippen molar-refractivity contribution in [3.8, 4) is 5.75 Å². The summed E-state index contributed by atoms with van der Waals surface area (Å²) in [5.41, 5.74) is 0. The molecule has 1 aromatic carbocycles. The molecule has 0 radical (unpaired) electrons. The maximum atomic E-state index is 12.2. The number of nitrogens with one attached hydrogen (secondary N) is 2. The van der Waals surface area contributed by atoms with Crippen molar-refractivity contribution in [2.75, 3.05) is 37.2 Å². The van der Waals surface area contributed by atoms with Crippen LogP contribution in [0.5, 0.6) is 5.75 Å². The van der Waals surface area contributed by atoms with E-state index in [1.807, 2.05) is 12.3 Å². The summed E-state index contributed by atoms with van der Waals surface area (Å²) in [5, 5.41) is 5.18. The maximum absolute atomic E-state index is 12.2. The lowest BCUT2D eigenvalue weighted by molar-refractivity contribution is -0.130. The Labute approximate surface area is 152 Å². The fraction of sp³-hybridized carbons (Fsp3) is 0.500. The van der Waals surface area contributed by atoms with Gasteiger partial charge in [0.2, 0.25) is 5.91 Å². The lowest BCUT2D eigenvalue weighted by Gasteiger charge is -2.18. The molecule has 0 saturated carbocycles. The van der Waals surface area contributed by atoms with Gasteiger partial charge in [-0.1, -0.05) is 18.2 Å². The molecule has 0 aliphatic heterocycles. The van der Waals surface area contributed by atoms with E-state index in [-0.39, 0.29) is 18.9 Å². The highest BCUT2D eigenvalue weighted by atomic mass is 32.2. The van der Waals surface area contributed by atoms with Gasteiger partial charge in [-0.05, 0) is 30.6 Å². The van der Waals surface area contributed by atoms with Gasteiger partial charge in [0.05, 0.1) is 5.75 Å². The van der Waals surface area contributed by atoms with Gasteiger partial charge in [-0.15, -0.1) is 0 Å². The highest BCUT2D eigenvalue weighted by molar-refractivity contribution is 7.98. The lowest BCUT2D eigenvalue weighted by Crippen LogP contribution is -2.49. The Kier molecular flexibility index (Phi) is 9.36. The lowest BCUT2D eigenvalue weighted by atomic mass is 10.2. The molecule has 0 aromatic heterocycles. The summed E-state index contributed by atoms with van der Waals surface area (Å²) >= 11 is 1.55. The molecule has 2 N–H and O–H groups in total. The molecule has 0 heterocycles. The van der Waals surface area contributed by atoms with Crippen molar-refractivity contribution in [3.63, 3.8) is 0 Å². The highest BCUT2D eigenvalue weighted by Gasteiger charge is 2.20. The van der Waals surface area contributed by atoms with Crippen LogP contribution in [0.3, 0.4) is 0 Å². The second kappa shape index (κ2) is 11.0. The molecule has 0 unspecified atom stereocenters. The van der Waals surface area contributed by atoms with Crippen molar-refractivity contribution in [3.05, 3.63) is 30.3 Å². The molecule has 0 spiro atoms. The van der Waals surface area contributed by atoms with E-state index in [9.17, 15) is 18.0 Å². The van der Waals surface area contributed by atoms with Gasteiger partial charge in [0.1, 0.15) is 21.6 Å². The molecule has 1 atom stereocenters. The third-order valence-corrected chi connectivity index (χ3v) is 4.74. The first-order valence-corrected chi connectivity index (χ1v) is 11.2. The minimum atomic E-state index is -3.15. The Morgan fingerprint density at radius 2 is 1.92 bits per heavy atom. The monoisotopic (exact) mass is 388 g/mol. The molecule has 0 saturated heterocycles. The number of rotatable bonds is 11.